The van der Waals surface area contributed by atoms with Crippen molar-refractivity contribution in [2.75, 3.05) is 13.1 Å². The zero-order valence-corrected chi connectivity index (χ0v) is 10.2. The van der Waals surface area contributed by atoms with Crippen molar-refractivity contribution in [1.82, 2.24) is 5.32 Å². The van der Waals surface area contributed by atoms with E-state index in [-0.39, 0.29) is 0 Å². The average molecular weight is 219 g/mol. The molecule has 16 heavy (non-hydrogen) atoms. The average Bonchev–Trinajstić information content (AvgIpc) is 2.30. The molecule has 1 aliphatic heterocycles. The van der Waals surface area contributed by atoms with Gasteiger partial charge in [-0.25, -0.2) is 0 Å². The van der Waals surface area contributed by atoms with Crippen LogP contribution in [0, 0.1) is 0 Å². The lowest BCUT2D eigenvalue weighted by Gasteiger charge is -2.24. The molecule has 2 heteroatoms. The number of phenolic OH excluding ortho intramolecular Hbond substituents is 1. The van der Waals surface area contributed by atoms with Crippen LogP contribution >= 0.6 is 0 Å². The molecule has 1 saturated heterocycles. The standard InChI is InChI=1S/C14H21NO/c1-10(2)12-3-4-14(16)13(9-12)11-5-7-15-8-6-11/h3-4,9-11,15-16H,5-8H2,1-2H3. The number of rotatable bonds is 2. The Kier molecular flexibility index (Phi) is 3.49. The molecule has 0 saturated carbocycles. The van der Waals surface area contributed by atoms with Gasteiger partial charge < -0.3 is 10.4 Å². The Labute approximate surface area is 97.7 Å². The van der Waals surface area contributed by atoms with Crippen molar-refractivity contribution in [2.24, 2.45) is 0 Å². The Morgan fingerprint density at radius 3 is 2.56 bits per heavy atom. The fourth-order valence-electron chi connectivity index (χ4n) is 2.39. The largest absolute Gasteiger partial charge is 0.508 e. The number of nitrogens with one attached hydrogen (secondary N) is 1. The summed E-state index contributed by atoms with van der Waals surface area (Å²) < 4.78 is 0. The first-order valence-electron chi connectivity index (χ1n) is 6.22. The third kappa shape index (κ3) is 2.38. The molecule has 2 N–H and O–H groups in total. The van der Waals surface area contributed by atoms with Gasteiger partial charge in [-0.2, -0.15) is 0 Å². The van der Waals surface area contributed by atoms with Gasteiger partial charge in [0, 0.05) is 0 Å². The van der Waals surface area contributed by atoms with Gasteiger partial charge in [-0.1, -0.05) is 26.0 Å². The van der Waals surface area contributed by atoms with E-state index >= 15 is 0 Å². The van der Waals surface area contributed by atoms with E-state index in [1.807, 2.05) is 12.1 Å². The molecule has 1 fully saturated rings. The van der Waals surface area contributed by atoms with Crippen molar-refractivity contribution in [1.29, 1.82) is 0 Å². The lowest BCUT2D eigenvalue weighted by molar-refractivity contribution is 0.424. The van der Waals surface area contributed by atoms with Crippen LogP contribution in [0.25, 0.3) is 0 Å². The molecule has 0 aromatic heterocycles. The van der Waals surface area contributed by atoms with Crippen molar-refractivity contribution in [3.8, 4) is 5.75 Å². The number of aromatic hydroxyl groups is 1. The Morgan fingerprint density at radius 1 is 1.25 bits per heavy atom. The molecular formula is C14H21NO. The second-order valence-corrected chi connectivity index (χ2v) is 5.00. The number of phenols is 1. The molecule has 2 nitrogen and oxygen atoms in total. The third-order valence-corrected chi connectivity index (χ3v) is 3.50. The van der Waals surface area contributed by atoms with E-state index < -0.39 is 0 Å². The fourth-order valence-corrected chi connectivity index (χ4v) is 2.39. The van der Waals surface area contributed by atoms with E-state index in [9.17, 15) is 5.11 Å². The molecule has 0 radical (unpaired) electrons. The molecule has 0 spiro atoms. The van der Waals surface area contributed by atoms with Crippen LogP contribution in [0.3, 0.4) is 0 Å². The molecule has 1 aromatic rings. The van der Waals surface area contributed by atoms with E-state index in [1.54, 1.807) is 0 Å². The van der Waals surface area contributed by atoms with E-state index in [1.165, 1.54) is 5.56 Å². The molecule has 0 aliphatic carbocycles. The van der Waals surface area contributed by atoms with Gasteiger partial charge in [-0.3, -0.25) is 0 Å². The maximum Gasteiger partial charge on any atom is 0.119 e. The first-order chi connectivity index (χ1) is 7.68. The van der Waals surface area contributed by atoms with Crippen LogP contribution in [0.2, 0.25) is 0 Å². The summed E-state index contributed by atoms with van der Waals surface area (Å²) in [5.74, 6) is 1.53. The molecule has 0 amide bonds. The quantitative estimate of drug-likeness (QED) is 0.801. The lowest BCUT2D eigenvalue weighted by Crippen LogP contribution is -2.26. The highest BCUT2D eigenvalue weighted by molar-refractivity contribution is 5.40. The van der Waals surface area contributed by atoms with Gasteiger partial charge in [-0.05, 0) is 55.0 Å². The summed E-state index contributed by atoms with van der Waals surface area (Å²) in [6, 6.07) is 6.08. The molecule has 2 rings (SSSR count). The molecular weight excluding hydrogens is 198 g/mol. The van der Waals surface area contributed by atoms with Gasteiger partial charge in [0.1, 0.15) is 5.75 Å². The van der Waals surface area contributed by atoms with Crippen molar-refractivity contribution in [3.63, 3.8) is 0 Å². The maximum atomic E-state index is 9.95. The zero-order chi connectivity index (χ0) is 11.5. The van der Waals surface area contributed by atoms with E-state index in [2.05, 4.69) is 25.2 Å². The molecule has 1 aromatic carbocycles. The summed E-state index contributed by atoms with van der Waals surface area (Å²) >= 11 is 0. The van der Waals surface area contributed by atoms with Gasteiger partial charge in [0.15, 0.2) is 0 Å². The number of piperidine rings is 1. The van der Waals surface area contributed by atoms with Crippen LogP contribution in [-0.4, -0.2) is 18.2 Å². The highest BCUT2D eigenvalue weighted by Crippen LogP contribution is 2.34. The summed E-state index contributed by atoms with van der Waals surface area (Å²) in [7, 11) is 0. The summed E-state index contributed by atoms with van der Waals surface area (Å²) in [6.45, 7) is 6.52. The first-order valence-corrected chi connectivity index (χ1v) is 6.22. The fraction of sp³-hybridized carbons (Fsp3) is 0.571. The number of hydrogen-bond acceptors (Lipinski definition) is 2. The SMILES string of the molecule is CC(C)c1ccc(O)c(C2CCNCC2)c1. The Bertz CT molecular complexity index is 354. The van der Waals surface area contributed by atoms with E-state index in [4.69, 9.17) is 0 Å². The summed E-state index contributed by atoms with van der Waals surface area (Å²) in [4.78, 5) is 0. The van der Waals surface area contributed by atoms with Gasteiger partial charge in [0.2, 0.25) is 0 Å². The van der Waals surface area contributed by atoms with Gasteiger partial charge in [0.05, 0.1) is 0 Å². The topological polar surface area (TPSA) is 32.3 Å². The van der Waals surface area contributed by atoms with Gasteiger partial charge in [0.25, 0.3) is 0 Å². The second kappa shape index (κ2) is 4.88. The Hall–Kier alpha value is -1.02. The van der Waals surface area contributed by atoms with Crippen molar-refractivity contribution in [2.45, 2.75) is 38.5 Å². The Morgan fingerprint density at radius 2 is 1.94 bits per heavy atom. The third-order valence-electron chi connectivity index (χ3n) is 3.50. The lowest BCUT2D eigenvalue weighted by atomic mass is 9.87. The van der Waals surface area contributed by atoms with Crippen LogP contribution < -0.4 is 5.32 Å². The highest BCUT2D eigenvalue weighted by Gasteiger charge is 2.18. The Balaban J connectivity index is 2.27. The van der Waals surface area contributed by atoms with Crippen molar-refractivity contribution >= 4 is 0 Å². The summed E-state index contributed by atoms with van der Waals surface area (Å²) in [6.07, 6.45) is 2.27. The van der Waals surface area contributed by atoms with E-state index in [0.717, 1.165) is 31.5 Å². The zero-order valence-electron chi connectivity index (χ0n) is 10.2. The normalized spacial score (nSPS) is 17.9. The van der Waals surface area contributed by atoms with Crippen LogP contribution in [0.15, 0.2) is 18.2 Å². The summed E-state index contributed by atoms with van der Waals surface area (Å²) in [5, 5.41) is 13.3. The van der Waals surface area contributed by atoms with Gasteiger partial charge >= 0.3 is 0 Å². The number of hydrogen-bond donors (Lipinski definition) is 2. The molecule has 88 valence electrons. The minimum Gasteiger partial charge on any atom is -0.508 e. The molecule has 1 heterocycles. The van der Waals surface area contributed by atoms with Crippen LogP contribution in [-0.2, 0) is 0 Å². The predicted molar refractivity (Wildman–Crippen MR) is 67.0 cm³/mol. The number of benzene rings is 1. The second-order valence-electron chi connectivity index (χ2n) is 5.00. The molecule has 0 unspecified atom stereocenters. The van der Waals surface area contributed by atoms with Crippen LogP contribution in [0.1, 0.15) is 49.7 Å². The van der Waals surface area contributed by atoms with Crippen molar-refractivity contribution < 1.29 is 5.11 Å². The molecule has 0 atom stereocenters. The minimum absolute atomic E-state index is 0.469. The molecule has 1 aliphatic rings. The van der Waals surface area contributed by atoms with E-state index in [0.29, 0.717) is 17.6 Å². The first kappa shape index (κ1) is 11.5. The van der Waals surface area contributed by atoms with Gasteiger partial charge in [-0.15, -0.1) is 0 Å². The summed E-state index contributed by atoms with van der Waals surface area (Å²) in [5.41, 5.74) is 2.47. The van der Waals surface area contributed by atoms with Crippen LogP contribution in [0.5, 0.6) is 5.75 Å². The predicted octanol–water partition coefficient (Wildman–Crippen LogP) is 2.98. The molecule has 0 bridgehead atoms. The maximum absolute atomic E-state index is 9.95. The minimum atomic E-state index is 0.469. The monoisotopic (exact) mass is 219 g/mol. The van der Waals surface area contributed by atoms with Crippen molar-refractivity contribution in [3.05, 3.63) is 29.3 Å². The van der Waals surface area contributed by atoms with Crippen LogP contribution in [0.4, 0.5) is 0 Å². The highest BCUT2D eigenvalue weighted by atomic mass is 16.3. The smallest absolute Gasteiger partial charge is 0.119 e.